The molecule has 1 N–H and O–H groups in total. The van der Waals surface area contributed by atoms with Gasteiger partial charge in [-0.05, 0) is 48.9 Å². The Hall–Kier alpha value is -2.97. The number of hydrogen-bond acceptors (Lipinski definition) is 3. The number of aliphatic carboxylic acids is 1. The molecule has 0 fully saturated rings. The lowest BCUT2D eigenvalue weighted by Gasteiger charge is -2.11. The van der Waals surface area contributed by atoms with Crippen LogP contribution in [0.4, 0.5) is 8.78 Å². The Morgan fingerprint density at radius 2 is 1.63 bits per heavy atom. The van der Waals surface area contributed by atoms with E-state index in [1.54, 1.807) is 18.2 Å². The van der Waals surface area contributed by atoms with E-state index in [9.17, 15) is 27.1 Å². The number of carboxylic acids is 1. The maximum Gasteiger partial charge on any atom is 0.310 e. The maximum atomic E-state index is 13.7. The molecule has 0 aliphatic carbocycles. The van der Waals surface area contributed by atoms with Crippen LogP contribution in [-0.2, 0) is 14.8 Å². The fourth-order valence-corrected chi connectivity index (χ4v) is 5.16. The standard InChI is InChI=1S/C21H14ClF2NO4S/c1-11(21(26)27)12-2-4-17-18-7-13(22)3-5-19(18)25(20(17)6-12)30(28,29)16-9-14(23)8-15(24)10-16/h2-11H,1H3,(H,26,27). The molecule has 5 nitrogen and oxygen atoms in total. The van der Waals surface area contributed by atoms with Gasteiger partial charge >= 0.3 is 5.97 Å². The SMILES string of the molecule is CC(C(=O)O)c1ccc2c3cc(Cl)ccc3n(S(=O)(=O)c3cc(F)cc(F)c3)c2c1. The average Bonchev–Trinajstić information content (AvgIpc) is 3.00. The molecule has 9 heteroatoms. The third-order valence-corrected chi connectivity index (χ3v) is 6.89. The van der Waals surface area contributed by atoms with Gasteiger partial charge in [0.15, 0.2) is 0 Å². The number of benzene rings is 3. The molecule has 154 valence electrons. The number of halogens is 3. The number of fused-ring (bicyclic) bond motifs is 3. The molecule has 30 heavy (non-hydrogen) atoms. The Balaban J connectivity index is 2.12. The normalized spacial score (nSPS) is 13.1. The summed E-state index contributed by atoms with van der Waals surface area (Å²) in [6.07, 6.45) is 0. The van der Waals surface area contributed by atoms with Crippen LogP contribution in [0.15, 0.2) is 59.5 Å². The Kier molecular flexibility index (Phi) is 4.79. The van der Waals surface area contributed by atoms with Crippen molar-refractivity contribution in [2.75, 3.05) is 0 Å². The fraction of sp³-hybridized carbons (Fsp3) is 0.0952. The van der Waals surface area contributed by atoms with Crippen LogP contribution in [0.2, 0.25) is 5.02 Å². The van der Waals surface area contributed by atoms with E-state index in [0.29, 0.717) is 27.4 Å². The molecule has 1 unspecified atom stereocenters. The summed E-state index contributed by atoms with van der Waals surface area (Å²) in [4.78, 5) is 10.8. The zero-order valence-electron chi connectivity index (χ0n) is 15.4. The van der Waals surface area contributed by atoms with Crippen molar-refractivity contribution in [3.05, 3.63) is 76.8 Å². The highest BCUT2D eigenvalue weighted by atomic mass is 35.5. The lowest BCUT2D eigenvalue weighted by Crippen LogP contribution is -2.14. The highest BCUT2D eigenvalue weighted by Crippen LogP contribution is 2.36. The molecule has 0 saturated heterocycles. The fourth-order valence-electron chi connectivity index (χ4n) is 3.43. The summed E-state index contributed by atoms with van der Waals surface area (Å²) < 4.78 is 55.3. The lowest BCUT2D eigenvalue weighted by atomic mass is 10.00. The van der Waals surface area contributed by atoms with Crippen molar-refractivity contribution in [2.45, 2.75) is 17.7 Å². The smallest absolute Gasteiger partial charge is 0.310 e. The largest absolute Gasteiger partial charge is 0.481 e. The van der Waals surface area contributed by atoms with Gasteiger partial charge in [0, 0.05) is 21.9 Å². The van der Waals surface area contributed by atoms with E-state index in [2.05, 4.69) is 0 Å². The van der Waals surface area contributed by atoms with E-state index in [1.807, 2.05) is 0 Å². The van der Waals surface area contributed by atoms with Gasteiger partial charge in [-0.25, -0.2) is 21.2 Å². The van der Waals surface area contributed by atoms with Crippen molar-refractivity contribution in [3.63, 3.8) is 0 Å². The predicted molar refractivity (Wildman–Crippen MR) is 109 cm³/mol. The molecule has 0 aliphatic heterocycles. The van der Waals surface area contributed by atoms with Crippen molar-refractivity contribution >= 4 is 49.4 Å². The molecule has 3 aromatic carbocycles. The topological polar surface area (TPSA) is 76.4 Å². The van der Waals surface area contributed by atoms with Crippen LogP contribution in [-0.4, -0.2) is 23.5 Å². The Morgan fingerprint density at radius 3 is 2.27 bits per heavy atom. The van der Waals surface area contributed by atoms with Gasteiger partial charge in [0.1, 0.15) is 11.6 Å². The van der Waals surface area contributed by atoms with E-state index in [0.717, 1.165) is 16.1 Å². The first-order valence-corrected chi connectivity index (χ1v) is 10.6. The van der Waals surface area contributed by atoms with Crippen molar-refractivity contribution in [3.8, 4) is 0 Å². The molecule has 4 aromatic rings. The minimum absolute atomic E-state index is 0.183. The van der Waals surface area contributed by atoms with Crippen LogP contribution in [0.5, 0.6) is 0 Å². The van der Waals surface area contributed by atoms with Crippen molar-refractivity contribution in [2.24, 2.45) is 0 Å². The van der Waals surface area contributed by atoms with Gasteiger partial charge in [0.25, 0.3) is 10.0 Å². The maximum absolute atomic E-state index is 13.7. The number of nitrogens with zero attached hydrogens (tertiary/aromatic N) is 1. The molecule has 0 saturated carbocycles. The molecule has 0 bridgehead atoms. The van der Waals surface area contributed by atoms with Gasteiger partial charge < -0.3 is 5.11 Å². The molecule has 4 rings (SSSR count). The van der Waals surface area contributed by atoms with E-state index >= 15 is 0 Å². The summed E-state index contributed by atoms with van der Waals surface area (Å²) in [5.74, 6) is -4.02. The summed E-state index contributed by atoms with van der Waals surface area (Å²) in [5.41, 5.74) is 0.813. The Bertz CT molecular complexity index is 1430. The molecule has 1 aromatic heterocycles. The first-order valence-electron chi connectivity index (χ1n) is 8.77. The number of hydrogen-bond donors (Lipinski definition) is 1. The van der Waals surface area contributed by atoms with E-state index in [-0.39, 0.29) is 11.0 Å². The van der Waals surface area contributed by atoms with Gasteiger partial charge in [0.05, 0.1) is 21.8 Å². The van der Waals surface area contributed by atoms with Crippen LogP contribution in [0.25, 0.3) is 21.8 Å². The second-order valence-electron chi connectivity index (χ2n) is 6.87. The Labute approximate surface area is 175 Å². The predicted octanol–water partition coefficient (Wildman–Crippen LogP) is 5.15. The van der Waals surface area contributed by atoms with Gasteiger partial charge in [-0.3, -0.25) is 4.79 Å². The van der Waals surface area contributed by atoms with Gasteiger partial charge in [-0.15, -0.1) is 0 Å². The Morgan fingerprint density at radius 1 is 0.967 bits per heavy atom. The lowest BCUT2D eigenvalue weighted by molar-refractivity contribution is -0.138. The monoisotopic (exact) mass is 449 g/mol. The zero-order valence-corrected chi connectivity index (χ0v) is 17.0. The van der Waals surface area contributed by atoms with E-state index in [4.69, 9.17) is 11.6 Å². The molecular formula is C21H14ClF2NO4S. The number of carboxylic acid groups (broad SMARTS) is 1. The van der Waals surface area contributed by atoms with E-state index in [1.165, 1.54) is 25.1 Å². The third kappa shape index (κ3) is 3.22. The van der Waals surface area contributed by atoms with Crippen LogP contribution in [0, 0.1) is 11.6 Å². The van der Waals surface area contributed by atoms with Crippen molar-refractivity contribution < 1.29 is 27.1 Å². The zero-order chi connectivity index (χ0) is 21.8. The second kappa shape index (κ2) is 7.07. The molecular weight excluding hydrogens is 436 g/mol. The first kappa shape index (κ1) is 20.3. The van der Waals surface area contributed by atoms with Crippen LogP contribution < -0.4 is 0 Å². The number of aromatic nitrogens is 1. The van der Waals surface area contributed by atoms with Gasteiger partial charge in [0.2, 0.25) is 0 Å². The average molecular weight is 450 g/mol. The summed E-state index contributed by atoms with van der Waals surface area (Å²) in [6.45, 7) is 1.48. The highest BCUT2D eigenvalue weighted by Gasteiger charge is 2.26. The van der Waals surface area contributed by atoms with Crippen LogP contribution >= 0.6 is 11.6 Å². The van der Waals surface area contributed by atoms with Crippen molar-refractivity contribution in [1.82, 2.24) is 3.97 Å². The molecule has 0 amide bonds. The third-order valence-electron chi connectivity index (χ3n) is 4.95. The summed E-state index contributed by atoms with van der Waals surface area (Å²) in [6, 6.07) is 11.3. The molecule has 0 aliphatic rings. The molecule has 0 spiro atoms. The molecule has 1 atom stereocenters. The number of carbonyl (C=O) groups is 1. The van der Waals surface area contributed by atoms with Crippen LogP contribution in [0.1, 0.15) is 18.4 Å². The minimum Gasteiger partial charge on any atom is -0.481 e. The number of rotatable bonds is 4. The first-order chi connectivity index (χ1) is 14.1. The summed E-state index contributed by atoms with van der Waals surface area (Å²) in [5, 5.41) is 10.7. The van der Waals surface area contributed by atoms with Crippen LogP contribution in [0.3, 0.4) is 0 Å². The van der Waals surface area contributed by atoms with E-state index < -0.39 is 38.4 Å². The second-order valence-corrected chi connectivity index (χ2v) is 9.10. The molecule has 1 heterocycles. The highest BCUT2D eigenvalue weighted by molar-refractivity contribution is 7.90. The van der Waals surface area contributed by atoms with Gasteiger partial charge in [-0.1, -0.05) is 23.7 Å². The minimum atomic E-state index is -4.42. The van der Waals surface area contributed by atoms with Gasteiger partial charge in [-0.2, -0.15) is 0 Å². The summed E-state index contributed by atoms with van der Waals surface area (Å²) >= 11 is 6.09. The quantitative estimate of drug-likeness (QED) is 0.467. The summed E-state index contributed by atoms with van der Waals surface area (Å²) in [7, 11) is -4.42. The molecule has 0 radical (unpaired) electrons. The van der Waals surface area contributed by atoms with Crippen molar-refractivity contribution in [1.29, 1.82) is 0 Å².